The molecule has 0 saturated carbocycles. The average molecular weight is 214 g/mol. The fraction of sp³-hybridized carbons (Fsp3) is 0.909. The van der Waals surface area contributed by atoms with E-state index < -0.39 is 0 Å². The molecule has 0 aromatic heterocycles. The number of carbonyl (C=O) groups is 1. The summed E-state index contributed by atoms with van der Waals surface area (Å²) in [5, 5.41) is 11.3. The molecular formula is C11H22N2O2. The molecule has 88 valence electrons. The molecule has 2 N–H and O–H groups in total. The van der Waals surface area contributed by atoms with Crippen molar-refractivity contribution in [1.82, 2.24) is 10.2 Å². The summed E-state index contributed by atoms with van der Waals surface area (Å²) < 4.78 is 0. The van der Waals surface area contributed by atoms with Gasteiger partial charge >= 0.3 is 0 Å². The largest absolute Gasteiger partial charge is 0.395 e. The van der Waals surface area contributed by atoms with Crippen molar-refractivity contribution in [2.45, 2.75) is 38.6 Å². The first-order chi connectivity index (χ1) is 7.25. The van der Waals surface area contributed by atoms with Crippen molar-refractivity contribution < 1.29 is 9.90 Å². The lowest BCUT2D eigenvalue weighted by Gasteiger charge is -2.26. The minimum atomic E-state index is -0.0605. The smallest absolute Gasteiger partial charge is 0.237 e. The Balaban J connectivity index is 2.35. The molecule has 0 aliphatic carbocycles. The third kappa shape index (κ3) is 4.18. The van der Waals surface area contributed by atoms with Gasteiger partial charge in [0.15, 0.2) is 0 Å². The van der Waals surface area contributed by atoms with E-state index in [1.807, 2.05) is 6.92 Å². The van der Waals surface area contributed by atoms with Crippen LogP contribution in [0.15, 0.2) is 0 Å². The summed E-state index contributed by atoms with van der Waals surface area (Å²) in [5.74, 6) is 0.0333. The number of likely N-dealkylation sites (tertiary alicyclic amines) is 1. The molecule has 1 rings (SSSR count). The van der Waals surface area contributed by atoms with Gasteiger partial charge in [-0.05, 0) is 32.9 Å². The van der Waals surface area contributed by atoms with Gasteiger partial charge in [0.2, 0.25) is 5.91 Å². The van der Waals surface area contributed by atoms with Crippen molar-refractivity contribution in [3.63, 3.8) is 0 Å². The highest BCUT2D eigenvalue weighted by Gasteiger charge is 2.21. The van der Waals surface area contributed by atoms with Crippen molar-refractivity contribution in [2.75, 3.05) is 26.2 Å². The minimum absolute atomic E-state index is 0.0124. The van der Waals surface area contributed by atoms with Crippen molar-refractivity contribution in [3.8, 4) is 0 Å². The van der Waals surface area contributed by atoms with E-state index in [1.165, 1.54) is 25.7 Å². The fourth-order valence-electron chi connectivity index (χ4n) is 1.98. The highest BCUT2D eigenvalue weighted by molar-refractivity contribution is 5.81. The number of hydrogen-bond acceptors (Lipinski definition) is 3. The van der Waals surface area contributed by atoms with E-state index in [2.05, 4.69) is 10.2 Å². The molecule has 1 aliphatic rings. The first kappa shape index (κ1) is 12.5. The molecule has 1 aliphatic heterocycles. The molecule has 4 nitrogen and oxygen atoms in total. The monoisotopic (exact) mass is 214 g/mol. The predicted octanol–water partition coefficient (Wildman–Crippen LogP) is 0.359. The van der Waals surface area contributed by atoms with Gasteiger partial charge in [0.1, 0.15) is 0 Å². The van der Waals surface area contributed by atoms with E-state index in [0.29, 0.717) is 6.54 Å². The lowest BCUT2D eigenvalue weighted by atomic mass is 10.2. The number of nitrogens with one attached hydrogen (secondary N) is 1. The van der Waals surface area contributed by atoms with Gasteiger partial charge in [-0.15, -0.1) is 0 Å². The number of nitrogens with zero attached hydrogens (tertiary/aromatic N) is 1. The Hall–Kier alpha value is -0.610. The average Bonchev–Trinajstić information content (AvgIpc) is 2.53. The third-order valence-electron chi connectivity index (χ3n) is 2.98. The fourth-order valence-corrected chi connectivity index (χ4v) is 1.98. The Morgan fingerprint density at radius 3 is 2.47 bits per heavy atom. The summed E-state index contributed by atoms with van der Waals surface area (Å²) in [6.07, 6.45) is 4.94. The van der Waals surface area contributed by atoms with Crippen molar-refractivity contribution in [2.24, 2.45) is 0 Å². The summed E-state index contributed by atoms with van der Waals surface area (Å²) in [7, 11) is 0. The molecule has 4 heteroatoms. The molecular weight excluding hydrogens is 192 g/mol. The van der Waals surface area contributed by atoms with Crippen LogP contribution in [0, 0.1) is 0 Å². The van der Waals surface area contributed by atoms with E-state index in [1.54, 1.807) is 0 Å². The summed E-state index contributed by atoms with van der Waals surface area (Å²) in [5.41, 5.74) is 0. The van der Waals surface area contributed by atoms with Gasteiger partial charge < -0.3 is 10.4 Å². The molecule has 1 atom stereocenters. The van der Waals surface area contributed by atoms with Gasteiger partial charge in [-0.2, -0.15) is 0 Å². The van der Waals surface area contributed by atoms with E-state index in [4.69, 9.17) is 5.11 Å². The maximum Gasteiger partial charge on any atom is 0.237 e. The zero-order valence-electron chi connectivity index (χ0n) is 9.54. The molecule has 1 unspecified atom stereocenters. The van der Waals surface area contributed by atoms with Crippen LogP contribution in [0.1, 0.15) is 32.6 Å². The highest BCUT2D eigenvalue weighted by Crippen LogP contribution is 2.12. The van der Waals surface area contributed by atoms with E-state index in [9.17, 15) is 4.79 Å². The van der Waals surface area contributed by atoms with E-state index in [0.717, 1.165) is 13.1 Å². The van der Waals surface area contributed by atoms with Gasteiger partial charge in [-0.25, -0.2) is 0 Å². The van der Waals surface area contributed by atoms with Crippen LogP contribution in [-0.4, -0.2) is 48.2 Å². The van der Waals surface area contributed by atoms with Crippen molar-refractivity contribution >= 4 is 5.91 Å². The maximum absolute atomic E-state index is 11.6. The summed E-state index contributed by atoms with van der Waals surface area (Å²) in [6, 6.07) is -0.0605. The normalized spacial score (nSPS) is 20.7. The molecule has 0 aromatic rings. The number of rotatable bonds is 4. The number of aliphatic hydroxyl groups is 1. The van der Waals surface area contributed by atoms with Crippen LogP contribution in [0.4, 0.5) is 0 Å². The van der Waals surface area contributed by atoms with Crippen LogP contribution in [0.3, 0.4) is 0 Å². The number of hydrogen-bond donors (Lipinski definition) is 2. The van der Waals surface area contributed by atoms with Crippen LogP contribution < -0.4 is 5.32 Å². The van der Waals surface area contributed by atoms with Crippen LogP contribution in [0.2, 0.25) is 0 Å². The van der Waals surface area contributed by atoms with Crippen molar-refractivity contribution in [1.29, 1.82) is 0 Å². The molecule has 1 heterocycles. The Labute approximate surface area is 91.6 Å². The molecule has 15 heavy (non-hydrogen) atoms. The van der Waals surface area contributed by atoms with E-state index in [-0.39, 0.29) is 18.6 Å². The van der Waals surface area contributed by atoms with Crippen LogP contribution >= 0.6 is 0 Å². The quantitative estimate of drug-likeness (QED) is 0.710. The van der Waals surface area contributed by atoms with Crippen LogP contribution in [-0.2, 0) is 4.79 Å². The zero-order chi connectivity index (χ0) is 11.1. The van der Waals surface area contributed by atoms with Gasteiger partial charge in [-0.1, -0.05) is 12.8 Å². The standard InChI is InChI=1S/C11H22N2O2/c1-10(11(15)12-6-9-14)13-7-4-2-3-5-8-13/h10,14H,2-9H2,1H3,(H,12,15). The van der Waals surface area contributed by atoms with E-state index >= 15 is 0 Å². The number of aliphatic hydroxyl groups excluding tert-OH is 1. The van der Waals surface area contributed by atoms with Crippen LogP contribution in [0.5, 0.6) is 0 Å². The molecule has 1 fully saturated rings. The molecule has 1 amide bonds. The highest BCUT2D eigenvalue weighted by atomic mass is 16.3. The van der Waals surface area contributed by atoms with Crippen molar-refractivity contribution in [3.05, 3.63) is 0 Å². The summed E-state index contributed by atoms with van der Waals surface area (Å²) in [6.45, 7) is 4.36. The summed E-state index contributed by atoms with van der Waals surface area (Å²) in [4.78, 5) is 13.9. The topological polar surface area (TPSA) is 52.6 Å². The van der Waals surface area contributed by atoms with Gasteiger partial charge in [0.05, 0.1) is 12.6 Å². The second kappa shape index (κ2) is 6.80. The Bertz CT molecular complexity index is 189. The van der Waals surface area contributed by atoms with Crippen LogP contribution in [0.25, 0.3) is 0 Å². The molecule has 0 aromatic carbocycles. The second-order valence-corrected chi connectivity index (χ2v) is 4.14. The third-order valence-corrected chi connectivity index (χ3v) is 2.98. The zero-order valence-corrected chi connectivity index (χ0v) is 9.54. The number of carbonyl (C=O) groups excluding carboxylic acids is 1. The molecule has 0 radical (unpaired) electrons. The van der Waals surface area contributed by atoms with Gasteiger partial charge in [0.25, 0.3) is 0 Å². The molecule has 0 spiro atoms. The first-order valence-corrected chi connectivity index (χ1v) is 5.88. The SMILES string of the molecule is CC(C(=O)NCCO)N1CCCCCC1. The first-order valence-electron chi connectivity index (χ1n) is 5.88. The second-order valence-electron chi connectivity index (χ2n) is 4.14. The Morgan fingerprint density at radius 1 is 1.33 bits per heavy atom. The molecule has 1 saturated heterocycles. The molecule has 0 bridgehead atoms. The summed E-state index contributed by atoms with van der Waals surface area (Å²) >= 11 is 0. The lowest BCUT2D eigenvalue weighted by Crippen LogP contribution is -2.46. The predicted molar refractivity (Wildman–Crippen MR) is 59.6 cm³/mol. The minimum Gasteiger partial charge on any atom is -0.395 e. The van der Waals surface area contributed by atoms with Gasteiger partial charge in [-0.3, -0.25) is 9.69 Å². The lowest BCUT2D eigenvalue weighted by molar-refractivity contribution is -0.126. The number of amides is 1. The Morgan fingerprint density at radius 2 is 1.93 bits per heavy atom. The van der Waals surface area contributed by atoms with Gasteiger partial charge in [0, 0.05) is 6.54 Å². The Kier molecular flexibility index (Phi) is 5.65. The maximum atomic E-state index is 11.6.